The maximum absolute atomic E-state index is 13.4. The Kier molecular flexibility index (Phi) is 11.7. The Morgan fingerprint density at radius 3 is 1.92 bits per heavy atom. The van der Waals surface area contributed by atoms with Crippen LogP contribution in [0.4, 0.5) is 26.3 Å². The summed E-state index contributed by atoms with van der Waals surface area (Å²) in [6.45, 7) is 8.91. The molecule has 0 radical (unpaired) electrons. The number of hydrogen-bond acceptors (Lipinski definition) is 2. The highest BCUT2D eigenvalue weighted by Gasteiger charge is 2.64. The first-order valence-corrected chi connectivity index (χ1v) is 13.2. The summed E-state index contributed by atoms with van der Waals surface area (Å²) in [7, 11) is 0. The van der Waals surface area contributed by atoms with Crippen LogP contribution < -0.4 is 0 Å². The molecule has 2 aromatic rings. The molecule has 4 unspecified atom stereocenters. The molecule has 0 bridgehead atoms. The number of aryl methyl sites for hydroxylation is 1. The standard InChI is InChI=1S/C28H35F6N.C2H3N/c1-4-23(35(19(2)3)17-16-20-8-6-5-7-9-20)15-12-21-10-13-22(14-11-21)24-18-25(27(29,30)31)26(24)28(32,33)34;1-2-3/h5-11,13-14,19,23-26H,4,12,15-18H2,1-3H3;1H3. The number of hydrogen-bond donors (Lipinski definition) is 0. The van der Waals surface area contributed by atoms with Gasteiger partial charge in [0.2, 0.25) is 0 Å². The molecule has 38 heavy (non-hydrogen) atoms. The molecule has 0 aromatic heterocycles. The first kappa shape index (κ1) is 31.7. The summed E-state index contributed by atoms with van der Waals surface area (Å²) >= 11 is 0. The van der Waals surface area contributed by atoms with Gasteiger partial charge >= 0.3 is 12.4 Å². The molecule has 1 aliphatic carbocycles. The third-order valence-corrected chi connectivity index (χ3v) is 7.45. The van der Waals surface area contributed by atoms with Crippen molar-refractivity contribution in [1.82, 2.24) is 4.90 Å². The van der Waals surface area contributed by atoms with Crippen molar-refractivity contribution in [2.24, 2.45) is 11.8 Å². The lowest BCUT2D eigenvalue weighted by Crippen LogP contribution is -2.51. The maximum atomic E-state index is 13.4. The summed E-state index contributed by atoms with van der Waals surface area (Å²) in [6, 6.07) is 19.6. The van der Waals surface area contributed by atoms with Crippen LogP contribution in [-0.2, 0) is 12.8 Å². The summed E-state index contributed by atoms with van der Waals surface area (Å²) in [5, 5.41) is 7.32. The van der Waals surface area contributed by atoms with Crippen LogP contribution in [0.1, 0.15) is 69.6 Å². The minimum Gasteiger partial charge on any atom is -0.298 e. The Morgan fingerprint density at radius 2 is 1.45 bits per heavy atom. The summed E-state index contributed by atoms with van der Waals surface area (Å²) in [6.07, 6.45) is -6.57. The SMILES string of the molecule is CC#N.CCC(CCc1ccc(C2CC(C(F)(F)F)C2C(F)(F)F)cc1)N(CCc1ccccc1)C(C)C. The lowest BCUT2D eigenvalue weighted by molar-refractivity contribution is -0.292. The molecular weight excluding hydrogens is 502 g/mol. The van der Waals surface area contributed by atoms with Crippen LogP contribution in [0.2, 0.25) is 0 Å². The molecule has 4 atom stereocenters. The molecule has 2 aromatic carbocycles. The van der Waals surface area contributed by atoms with Gasteiger partial charge < -0.3 is 0 Å². The van der Waals surface area contributed by atoms with Crippen LogP contribution in [0.3, 0.4) is 0 Å². The normalized spacial score (nSPS) is 20.3. The molecule has 1 aliphatic rings. The predicted molar refractivity (Wildman–Crippen MR) is 139 cm³/mol. The smallest absolute Gasteiger partial charge is 0.298 e. The van der Waals surface area contributed by atoms with Crippen LogP contribution in [0.5, 0.6) is 0 Å². The number of alkyl halides is 6. The molecule has 3 rings (SSSR count). The van der Waals surface area contributed by atoms with Gasteiger partial charge in [-0.15, -0.1) is 0 Å². The summed E-state index contributed by atoms with van der Waals surface area (Å²) in [4.78, 5) is 2.50. The van der Waals surface area contributed by atoms with Gasteiger partial charge in [-0.1, -0.05) is 61.5 Å². The third-order valence-electron chi connectivity index (χ3n) is 7.45. The van der Waals surface area contributed by atoms with E-state index in [1.165, 1.54) is 12.5 Å². The second-order valence-electron chi connectivity index (χ2n) is 10.2. The van der Waals surface area contributed by atoms with Gasteiger partial charge in [0.1, 0.15) is 0 Å². The van der Waals surface area contributed by atoms with Crippen LogP contribution >= 0.6 is 0 Å². The van der Waals surface area contributed by atoms with Crippen molar-refractivity contribution >= 4 is 0 Å². The first-order chi connectivity index (χ1) is 17.8. The van der Waals surface area contributed by atoms with Gasteiger partial charge in [0, 0.05) is 25.6 Å². The topological polar surface area (TPSA) is 27.0 Å². The quantitative estimate of drug-likeness (QED) is 0.282. The van der Waals surface area contributed by atoms with E-state index in [9.17, 15) is 26.3 Å². The van der Waals surface area contributed by atoms with Gasteiger partial charge in [-0.25, -0.2) is 0 Å². The maximum Gasteiger partial charge on any atom is 0.393 e. The Balaban J connectivity index is 0.00000161. The third kappa shape index (κ3) is 8.76. The van der Waals surface area contributed by atoms with Crippen molar-refractivity contribution in [3.8, 4) is 6.07 Å². The average molecular weight is 541 g/mol. The van der Waals surface area contributed by atoms with E-state index in [2.05, 4.69) is 37.8 Å². The van der Waals surface area contributed by atoms with E-state index in [0.717, 1.165) is 37.8 Å². The van der Waals surface area contributed by atoms with Gasteiger partial charge in [0.05, 0.1) is 17.9 Å². The zero-order valence-corrected chi connectivity index (χ0v) is 22.5. The molecule has 0 spiro atoms. The van der Waals surface area contributed by atoms with Crippen molar-refractivity contribution < 1.29 is 26.3 Å². The van der Waals surface area contributed by atoms with E-state index in [1.54, 1.807) is 30.3 Å². The van der Waals surface area contributed by atoms with Crippen molar-refractivity contribution in [2.75, 3.05) is 6.54 Å². The van der Waals surface area contributed by atoms with Crippen molar-refractivity contribution in [3.05, 3.63) is 71.3 Å². The molecule has 0 N–H and O–H groups in total. The van der Waals surface area contributed by atoms with Gasteiger partial charge in [0.15, 0.2) is 0 Å². The zero-order chi connectivity index (χ0) is 28.5. The Labute approximate surface area is 222 Å². The largest absolute Gasteiger partial charge is 0.393 e. The number of nitriles is 1. The van der Waals surface area contributed by atoms with Crippen molar-refractivity contribution in [2.45, 2.75) is 90.2 Å². The second kappa shape index (κ2) is 14.0. The lowest BCUT2D eigenvalue weighted by Gasteiger charge is -2.46. The Hall–Kier alpha value is -2.53. The van der Waals surface area contributed by atoms with Crippen LogP contribution in [0.15, 0.2) is 54.6 Å². The summed E-state index contributed by atoms with van der Waals surface area (Å²) < 4.78 is 79.1. The predicted octanol–water partition coefficient (Wildman–Crippen LogP) is 8.73. The van der Waals surface area contributed by atoms with Crippen LogP contribution in [0, 0.1) is 23.2 Å². The minimum absolute atomic E-state index is 0.343. The minimum atomic E-state index is -4.86. The molecule has 0 aliphatic heterocycles. The van der Waals surface area contributed by atoms with Gasteiger partial charge in [-0.2, -0.15) is 31.6 Å². The Morgan fingerprint density at radius 1 is 0.895 bits per heavy atom. The number of benzene rings is 2. The fourth-order valence-corrected chi connectivity index (χ4v) is 5.42. The fraction of sp³-hybridized carbons (Fsp3) is 0.567. The van der Waals surface area contributed by atoms with Gasteiger partial charge in [-0.3, -0.25) is 4.90 Å². The number of nitrogens with zero attached hydrogens (tertiary/aromatic N) is 2. The number of halogens is 6. The highest BCUT2D eigenvalue weighted by atomic mass is 19.4. The molecule has 210 valence electrons. The average Bonchev–Trinajstić information content (AvgIpc) is 2.80. The lowest BCUT2D eigenvalue weighted by atomic mass is 9.61. The zero-order valence-electron chi connectivity index (χ0n) is 22.5. The van der Waals surface area contributed by atoms with Crippen molar-refractivity contribution in [1.29, 1.82) is 5.26 Å². The molecule has 0 amide bonds. The monoisotopic (exact) mass is 540 g/mol. The van der Waals surface area contributed by atoms with E-state index in [0.29, 0.717) is 17.6 Å². The van der Waals surface area contributed by atoms with Crippen LogP contribution in [-0.4, -0.2) is 35.9 Å². The molecule has 0 heterocycles. The molecule has 0 saturated heterocycles. The summed E-state index contributed by atoms with van der Waals surface area (Å²) in [5.41, 5.74) is 2.63. The molecule has 8 heteroatoms. The van der Waals surface area contributed by atoms with E-state index < -0.39 is 36.5 Å². The fourth-order valence-electron chi connectivity index (χ4n) is 5.42. The Bertz CT molecular complexity index is 993. The molecule has 2 nitrogen and oxygen atoms in total. The first-order valence-electron chi connectivity index (χ1n) is 13.2. The van der Waals surface area contributed by atoms with E-state index >= 15 is 0 Å². The van der Waals surface area contributed by atoms with Gasteiger partial charge in [-0.05, 0) is 68.6 Å². The van der Waals surface area contributed by atoms with Crippen molar-refractivity contribution in [3.63, 3.8) is 0 Å². The van der Waals surface area contributed by atoms with Crippen LogP contribution in [0.25, 0.3) is 0 Å². The number of rotatable bonds is 10. The molecular formula is C30H38F6N2. The summed E-state index contributed by atoms with van der Waals surface area (Å²) in [5.74, 6) is -5.80. The second-order valence-corrected chi connectivity index (χ2v) is 10.2. The highest BCUT2D eigenvalue weighted by Crippen LogP contribution is 2.59. The highest BCUT2D eigenvalue weighted by molar-refractivity contribution is 5.29. The molecule has 1 fully saturated rings. The van der Waals surface area contributed by atoms with E-state index in [4.69, 9.17) is 5.26 Å². The molecule has 1 saturated carbocycles. The van der Waals surface area contributed by atoms with E-state index in [1.807, 2.05) is 18.2 Å². The van der Waals surface area contributed by atoms with Gasteiger partial charge in [0.25, 0.3) is 0 Å². The van der Waals surface area contributed by atoms with E-state index in [-0.39, 0.29) is 0 Å².